The van der Waals surface area contributed by atoms with Gasteiger partial charge in [-0.2, -0.15) is 6.61 Å². The Labute approximate surface area is 340 Å². The van der Waals surface area contributed by atoms with Crippen molar-refractivity contribution >= 4 is 16.9 Å². The second-order valence-corrected chi connectivity index (χ2v) is 13.9. The molecule has 0 bridgehead atoms. The normalized spacial score (nSPS) is 27.6. The van der Waals surface area contributed by atoms with Gasteiger partial charge in [0.15, 0.2) is 29.4 Å². The molecule has 19 nitrogen and oxygen atoms in total. The van der Waals surface area contributed by atoms with Crippen LogP contribution in [-0.2, 0) is 53.3 Å². The van der Waals surface area contributed by atoms with Gasteiger partial charge in [-0.15, -0.1) is 12.6 Å². The smallest absolute Gasteiger partial charge is 0.563 e. The van der Waals surface area contributed by atoms with E-state index in [9.17, 15) is 15.0 Å². The Balaban J connectivity index is -0.000000179. The molecule has 0 radical (unpaired) electrons. The second-order valence-electron chi connectivity index (χ2n) is 11.3. The molecular formula is C26H51INa2O19S. The SMILES string of the molecule is C.C.CC1(C)OCC([C@@H](O)C(O)[C@H]2COC(C)(C)O2)O1.CC1(C)OC[C@H](C=O)O1.CC1(C)OC[C@H]([CH-]O)O1.O=S(=O)=O.[Na+].[Na+].[O-][I+3]([O-])([O-])[O-]. The van der Waals surface area contributed by atoms with Gasteiger partial charge in [-0.3, -0.25) is 13.7 Å². The van der Waals surface area contributed by atoms with Gasteiger partial charge < -0.3 is 58.0 Å². The minimum absolute atomic E-state index is 0. The third-order valence-corrected chi connectivity index (χ3v) is 5.55. The molecule has 0 spiro atoms. The van der Waals surface area contributed by atoms with Gasteiger partial charge in [0.1, 0.15) is 50.6 Å². The molecule has 0 aromatic rings. The summed E-state index contributed by atoms with van der Waals surface area (Å²) in [5, 5.41) is 28.6. The Hall–Kier alpha value is 1.42. The molecule has 0 aliphatic carbocycles. The molecular weight excluding hydrogens is 821 g/mol. The van der Waals surface area contributed by atoms with E-state index in [1.165, 1.54) is 0 Å². The van der Waals surface area contributed by atoms with Crippen LogP contribution in [0.4, 0.5) is 0 Å². The van der Waals surface area contributed by atoms with E-state index in [1.807, 2.05) is 13.8 Å². The molecule has 284 valence electrons. The monoisotopic (exact) mass is 872 g/mol. The van der Waals surface area contributed by atoms with Gasteiger partial charge in [-0.05, 0) is 61.5 Å². The first-order chi connectivity index (χ1) is 20.2. The minimum atomic E-state index is -5.94. The van der Waals surface area contributed by atoms with Crippen molar-refractivity contribution in [2.75, 3.05) is 26.4 Å². The van der Waals surface area contributed by atoms with Crippen LogP contribution in [0.3, 0.4) is 0 Å². The van der Waals surface area contributed by atoms with Crippen molar-refractivity contribution in [2.45, 2.75) is 130 Å². The van der Waals surface area contributed by atoms with E-state index in [0.717, 1.165) is 12.9 Å². The predicted octanol–water partition coefficient (Wildman–Crippen LogP) is -12.5. The summed E-state index contributed by atoms with van der Waals surface area (Å²) in [4.78, 5) is 10.1. The van der Waals surface area contributed by atoms with Crippen LogP contribution in [0.5, 0.6) is 0 Å². The molecule has 4 fully saturated rings. The Kier molecular flexibility index (Phi) is 32.0. The van der Waals surface area contributed by atoms with E-state index in [0.29, 0.717) is 13.2 Å². The maximum absolute atomic E-state index is 10.1. The zero-order valence-electron chi connectivity index (χ0n) is 28.1. The van der Waals surface area contributed by atoms with Crippen LogP contribution in [0.1, 0.15) is 70.2 Å². The van der Waals surface area contributed by atoms with E-state index in [-0.39, 0.29) is 99.4 Å². The van der Waals surface area contributed by atoms with Crippen molar-refractivity contribution < 1.29 is 164 Å². The van der Waals surface area contributed by atoms with Crippen molar-refractivity contribution in [3.05, 3.63) is 6.61 Å². The van der Waals surface area contributed by atoms with E-state index >= 15 is 0 Å². The molecule has 49 heavy (non-hydrogen) atoms. The predicted molar refractivity (Wildman–Crippen MR) is 147 cm³/mol. The zero-order valence-corrected chi connectivity index (χ0v) is 35.1. The molecule has 4 rings (SSSR count). The molecule has 3 N–H and O–H groups in total. The van der Waals surface area contributed by atoms with Gasteiger partial charge in [0, 0.05) is 0 Å². The van der Waals surface area contributed by atoms with Crippen LogP contribution < -0.4 is 93.0 Å². The van der Waals surface area contributed by atoms with Gasteiger partial charge >= 0.3 is 69.7 Å². The summed E-state index contributed by atoms with van der Waals surface area (Å²) < 4.78 is 102. The number of aliphatic hydroxyl groups is 3. The first-order valence-corrected chi connectivity index (χ1v) is 17.7. The molecule has 2 unspecified atom stereocenters. The van der Waals surface area contributed by atoms with Crippen LogP contribution in [0.15, 0.2) is 0 Å². The van der Waals surface area contributed by atoms with Crippen molar-refractivity contribution in [3.8, 4) is 0 Å². The van der Waals surface area contributed by atoms with Crippen molar-refractivity contribution in [2.24, 2.45) is 0 Å². The number of aldehydes is 1. The number of halogens is 1. The Morgan fingerprint density at radius 1 is 0.673 bits per heavy atom. The first kappa shape index (κ1) is 59.7. The standard InChI is InChI=1S/C12H22O6.C6H11O3.C6H10O3.2CH4.IO4.2Na.O3S/c1-11(2)15-5-7(17-11)9(13)10(14)8-6-16-12(3,4)18-8;2*1-6(2)8-4-5(3-7)9-6;;;2-1(3,4)5;;;1-4(2)3/h7-10,13-14H,5-6H2,1-4H3;3,5,7H,4H2,1-2H3;3,5H,4H2,1-2H3;2*1H4;;;;/q;-1;;;;-1;2*+1;/t7-,8?,9?,10-;2*5-;;;;;;/m100....../s1. The van der Waals surface area contributed by atoms with Crippen LogP contribution in [0.2, 0.25) is 0 Å². The molecule has 0 saturated carbocycles. The summed E-state index contributed by atoms with van der Waals surface area (Å²) in [6.07, 6.45) is -3.08. The number of carbonyl (C=O) groups excluding carboxylic acids is 1. The maximum Gasteiger partial charge on any atom is 1.00 e. The number of rotatable bonds is 5. The first-order valence-electron chi connectivity index (χ1n) is 13.2. The molecule has 4 heterocycles. The fourth-order valence-electron chi connectivity index (χ4n) is 3.78. The summed E-state index contributed by atoms with van der Waals surface area (Å²) in [6.45, 7) is 16.6. The third-order valence-electron chi connectivity index (χ3n) is 5.55. The fourth-order valence-corrected chi connectivity index (χ4v) is 3.78. The molecule has 4 aliphatic heterocycles. The van der Waals surface area contributed by atoms with Crippen molar-refractivity contribution in [1.29, 1.82) is 0 Å². The molecule has 0 aromatic carbocycles. The van der Waals surface area contributed by atoms with Gasteiger partial charge in [-0.1, -0.05) is 14.9 Å². The summed E-state index contributed by atoms with van der Waals surface area (Å²) in [5.74, 6) is -2.54. The van der Waals surface area contributed by atoms with Gasteiger partial charge in [-0.25, -0.2) is 0 Å². The van der Waals surface area contributed by atoms with Crippen molar-refractivity contribution in [3.63, 3.8) is 0 Å². The van der Waals surface area contributed by atoms with Gasteiger partial charge in [0.25, 0.3) is 0 Å². The average Bonchev–Trinajstić information content (AvgIpc) is 3.62. The minimum Gasteiger partial charge on any atom is -0.563 e. The number of aliphatic hydroxyl groups excluding tert-OH is 3. The fraction of sp³-hybridized carbons (Fsp3) is 0.923. The second kappa shape index (κ2) is 26.3. The summed E-state index contributed by atoms with van der Waals surface area (Å²) in [7, 11) is -3.11. The number of carbonyl (C=O) groups is 1. The maximum atomic E-state index is 10.1. The number of hydrogen-bond acceptors (Lipinski definition) is 19. The van der Waals surface area contributed by atoms with E-state index < -0.39 is 78.3 Å². The van der Waals surface area contributed by atoms with Gasteiger partial charge in [0.2, 0.25) is 0 Å². The van der Waals surface area contributed by atoms with Crippen LogP contribution >= 0.6 is 0 Å². The van der Waals surface area contributed by atoms with E-state index in [4.69, 9.17) is 69.4 Å². The molecule has 4 aliphatic rings. The van der Waals surface area contributed by atoms with Crippen LogP contribution in [0, 0.1) is 6.61 Å². The summed E-state index contributed by atoms with van der Waals surface area (Å²) >= 11 is -5.94. The van der Waals surface area contributed by atoms with E-state index in [1.54, 1.807) is 41.5 Å². The van der Waals surface area contributed by atoms with Crippen LogP contribution in [0.25, 0.3) is 0 Å². The molecule has 0 amide bonds. The van der Waals surface area contributed by atoms with E-state index in [2.05, 4.69) is 0 Å². The van der Waals surface area contributed by atoms with Crippen molar-refractivity contribution in [1.82, 2.24) is 0 Å². The number of hydrogen-bond donors (Lipinski definition) is 3. The summed E-state index contributed by atoms with van der Waals surface area (Å²) in [5.41, 5.74) is 0. The number of ether oxygens (including phenoxy) is 8. The average molecular weight is 873 g/mol. The summed E-state index contributed by atoms with van der Waals surface area (Å²) in [6, 6.07) is 0. The van der Waals surface area contributed by atoms with Gasteiger partial charge in [0.05, 0.1) is 26.4 Å². The molecule has 0 aromatic heterocycles. The third kappa shape index (κ3) is 29.5. The molecule has 23 heteroatoms. The molecule has 4 saturated heterocycles. The largest absolute Gasteiger partial charge is 1.00 e. The Morgan fingerprint density at radius 2 is 0.959 bits per heavy atom. The Bertz CT molecular complexity index is 955. The molecule has 6 atom stereocenters. The Morgan fingerprint density at radius 3 is 1.12 bits per heavy atom. The topological polar surface area (TPSA) is 295 Å². The zero-order chi connectivity index (χ0) is 35.4. The quantitative estimate of drug-likeness (QED) is 0.100. The van der Waals surface area contributed by atoms with Crippen LogP contribution in [-0.4, -0.2) is 120 Å².